The van der Waals surface area contributed by atoms with Crippen LogP contribution < -0.4 is 0 Å². The number of benzene rings is 6. The molecule has 198 valence electrons. The maximum Gasteiger partial charge on any atom is 0.145 e. The van der Waals surface area contributed by atoms with Crippen LogP contribution in [0.5, 0.6) is 0 Å². The fourth-order valence-electron chi connectivity index (χ4n) is 6.51. The highest BCUT2D eigenvalue weighted by Gasteiger charge is 2.21. The highest BCUT2D eigenvalue weighted by atomic mass is 16.3. The fraction of sp³-hybridized carbons (Fsp3) is 0. The van der Waals surface area contributed by atoms with Gasteiger partial charge in [0.1, 0.15) is 28.4 Å². The molecule has 0 spiro atoms. The Balaban J connectivity index is 1.40. The molecule has 3 aromatic heterocycles. The van der Waals surface area contributed by atoms with Gasteiger partial charge in [-0.05, 0) is 77.9 Å². The molecule has 0 atom stereocenters. The Labute approximate surface area is 244 Å². The first kappa shape index (κ1) is 23.4. The van der Waals surface area contributed by atoms with Crippen molar-refractivity contribution < 1.29 is 8.83 Å². The first-order valence-electron chi connectivity index (χ1n) is 14.0. The normalized spacial score (nSPS) is 11.7. The monoisotopic (exact) mass is 549 g/mol. The van der Waals surface area contributed by atoms with Gasteiger partial charge in [-0.2, -0.15) is 10.5 Å². The van der Waals surface area contributed by atoms with Crippen LogP contribution >= 0.6 is 0 Å². The van der Waals surface area contributed by atoms with Gasteiger partial charge in [-0.25, -0.2) is 0 Å². The second kappa shape index (κ2) is 8.60. The van der Waals surface area contributed by atoms with Crippen LogP contribution in [0.4, 0.5) is 0 Å². The first-order valence-corrected chi connectivity index (χ1v) is 14.0. The van der Waals surface area contributed by atoms with E-state index in [9.17, 15) is 10.5 Å². The third-order valence-electron chi connectivity index (χ3n) is 8.47. The summed E-state index contributed by atoms with van der Waals surface area (Å²) in [7, 11) is 0. The standard InChI is InChI=1S/C38H19N3O2/c39-20-22-9-10-25(21-40)33(17-22)41-31-14-11-23(24-12-16-36-29(18-24)27-6-2-3-7-34(27)42-36)19-30(31)37-32(41)15-13-28-26-5-1-4-8-35(26)43-38(28)37/h1-19H. The van der Waals surface area contributed by atoms with Crippen LogP contribution in [0, 0.1) is 22.7 Å². The van der Waals surface area contributed by atoms with Gasteiger partial charge in [0.15, 0.2) is 0 Å². The molecular weight excluding hydrogens is 530 g/mol. The second-order valence-corrected chi connectivity index (χ2v) is 10.8. The Morgan fingerprint density at radius 3 is 1.98 bits per heavy atom. The van der Waals surface area contributed by atoms with Crippen molar-refractivity contribution >= 4 is 65.7 Å². The van der Waals surface area contributed by atoms with Crippen LogP contribution in [0.15, 0.2) is 124 Å². The third kappa shape index (κ3) is 3.25. The van der Waals surface area contributed by atoms with Gasteiger partial charge in [0, 0.05) is 26.9 Å². The van der Waals surface area contributed by atoms with Crippen molar-refractivity contribution in [3.8, 4) is 29.0 Å². The van der Waals surface area contributed by atoms with Crippen molar-refractivity contribution in [1.82, 2.24) is 4.57 Å². The largest absolute Gasteiger partial charge is 0.456 e. The molecule has 0 aliphatic rings. The smallest absolute Gasteiger partial charge is 0.145 e. The van der Waals surface area contributed by atoms with Crippen molar-refractivity contribution in [2.75, 3.05) is 0 Å². The summed E-state index contributed by atoms with van der Waals surface area (Å²) >= 11 is 0. The van der Waals surface area contributed by atoms with Crippen LogP contribution in [-0.2, 0) is 0 Å². The fourth-order valence-corrected chi connectivity index (χ4v) is 6.51. The molecule has 0 saturated carbocycles. The lowest BCUT2D eigenvalue weighted by Crippen LogP contribution is -1.98. The number of hydrogen-bond acceptors (Lipinski definition) is 4. The van der Waals surface area contributed by atoms with Crippen molar-refractivity contribution in [2.45, 2.75) is 0 Å². The number of hydrogen-bond donors (Lipinski definition) is 0. The number of aromatic nitrogens is 1. The maximum absolute atomic E-state index is 10.1. The quantitative estimate of drug-likeness (QED) is 0.215. The van der Waals surface area contributed by atoms with E-state index in [2.05, 4.69) is 71.3 Å². The van der Waals surface area contributed by atoms with Gasteiger partial charge in [-0.3, -0.25) is 0 Å². The van der Waals surface area contributed by atoms with E-state index in [0.29, 0.717) is 16.8 Å². The van der Waals surface area contributed by atoms with E-state index in [1.54, 1.807) is 18.2 Å². The summed E-state index contributed by atoms with van der Waals surface area (Å²) < 4.78 is 14.7. The lowest BCUT2D eigenvalue weighted by atomic mass is 10.00. The zero-order valence-electron chi connectivity index (χ0n) is 22.6. The lowest BCUT2D eigenvalue weighted by molar-refractivity contribution is 0.669. The molecule has 0 aliphatic carbocycles. The lowest BCUT2D eigenvalue weighted by Gasteiger charge is -2.10. The van der Waals surface area contributed by atoms with Crippen molar-refractivity contribution in [3.63, 3.8) is 0 Å². The average molecular weight is 550 g/mol. The van der Waals surface area contributed by atoms with Gasteiger partial charge in [-0.15, -0.1) is 0 Å². The van der Waals surface area contributed by atoms with Crippen LogP contribution in [0.3, 0.4) is 0 Å². The summed E-state index contributed by atoms with van der Waals surface area (Å²) in [5.74, 6) is 0. The molecule has 0 N–H and O–H groups in total. The molecule has 9 aromatic rings. The summed E-state index contributed by atoms with van der Waals surface area (Å²) in [5, 5.41) is 26.0. The first-order chi connectivity index (χ1) is 21.2. The van der Waals surface area contributed by atoms with E-state index in [0.717, 1.165) is 76.8 Å². The second-order valence-electron chi connectivity index (χ2n) is 10.8. The molecule has 5 heteroatoms. The Bertz CT molecular complexity index is 2710. The molecule has 0 saturated heterocycles. The van der Waals surface area contributed by atoms with E-state index >= 15 is 0 Å². The molecular formula is C38H19N3O2. The zero-order chi connectivity index (χ0) is 28.7. The predicted molar refractivity (Wildman–Crippen MR) is 170 cm³/mol. The summed E-state index contributed by atoms with van der Waals surface area (Å²) in [6, 6.07) is 42.8. The minimum atomic E-state index is 0.490. The number of nitriles is 2. The summed E-state index contributed by atoms with van der Waals surface area (Å²) in [6.07, 6.45) is 0. The molecule has 5 nitrogen and oxygen atoms in total. The Morgan fingerprint density at radius 1 is 0.512 bits per heavy atom. The van der Waals surface area contributed by atoms with E-state index in [1.807, 2.05) is 42.5 Å². The highest BCUT2D eigenvalue weighted by Crippen LogP contribution is 2.42. The van der Waals surface area contributed by atoms with E-state index in [4.69, 9.17) is 8.83 Å². The molecule has 9 rings (SSSR count). The molecule has 0 fully saturated rings. The van der Waals surface area contributed by atoms with E-state index in [-0.39, 0.29) is 0 Å². The Hall–Kier alpha value is -6.30. The SMILES string of the molecule is N#Cc1ccc(C#N)c(-n2c3ccc(-c4ccc5oc6ccccc6c5c4)cc3c3c4oc5ccccc5c4ccc32)c1. The summed E-state index contributed by atoms with van der Waals surface area (Å²) in [6.45, 7) is 0. The van der Waals surface area contributed by atoms with Gasteiger partial charge in [0.2, 0.25) is 0 Å². The van der Waals surface area contributed by atoms with Crippen LogP contribution in [0.25, 0.3) is 82.5 Å². The van der Waals surface area contributed by atoms with Gasteiger partial charge in [0.05, 0.1) is 39.3 Å². The molecule has 3 heterocycles. The Morgan fingerprint density at radius 2 is 1.19 bits per heavy atom. The van der Waals surface area contributed by atoms with Crippen LogP contribution in [0.2, 0.25) is 0 Å². The summed E-state index contributed by atoms with van der Waals surface area (Å²) in [4.78, 5) is 0. The van der Waals surface area contributed by atoms with Gasteiger partial charge in [-0.1, -0.05) is 48.5 Å². The summed E-state index contributed by atoms with van der Waals surface area (Å²) in [5.41, 5.74) is 8.94. The predicted octanol–water partition coefficient (Wildman–Crippen LogP) is 9.99. The number of fused-ring (bicyclic) bond motifs is 10. The Kier molecular flexibility index (Phi) is 4.68. The van der Waals surface area contributed by atoms with Crippen molar-refractivity contribution in [2.24, 2.45) is 0 Å². The van der Waals surface area contributed by atoms with Crippen molar-refractivity contribution in [1.29, 1.82) is 10.5 Å². The maximum atomic E-state index is 10.1. The third-order valence-corrected chi connectivity index (χ3v) is 8.47. The van der Waals surface area contributed by atoms with Gasteiger partial charge in [0.25, 0.3) is 0 Å². The van der Waals surface area contributed by atoms with Gasteiger partial charge < -0.3 is 13.4 Å². The molecule has 0 unspecified atom stereocenters. The minimum absolute atomic E-state index is 0.490. The number of rotatable bonds is 2. The molecule has 0 bridgehead atoms. The molecule has 0 aliphatic heterocycles. The number of para-hydroxylation sites is 2. The zero-order valence-corrected chi connectivity index (χ0v) is 22.6. The van der Waals surface area contributed by atoms with Crippen LogP contribution in [-0.4, -0.2) is 4.57 Å². The number of nitrogens with zero attached hydrogens (tertiary/aromatic N) is 3. The van der Waals surface area contributed by atoms with E-state index < -0.39 is 0 Å². The van der Waals surface area contributed by atoms with Crippen LogP contribution in [0.1, 0.15) is 11.1 Å². The molecule has 43 heavy (non-hydrogen) atoms. The number of furan rings is 2. The minimum Gasteiger partial charge on any atom is -0.456 e. The average Bonchev–Trinajstić information content (AvgIpc) is 3.73. The van der Waals surface area contributed by atoms with Gasteiger partial charge >= 0.3 is 0 Å². The van der Waals surface area contributed by atoms with Crippen molar-refractivity contribution in [3.05, 3.63) is 126 Å². The molecule has 6 aromatic carbocycles. The highest BCUT2D eigenvalue weighted by molar-refractivity contribution is 6.24. The topological polar surface area (TPSA) is 78.8 Å². The molecule has 0 amide bonds. The molecule has 0 radical (unpaired) electrons. The van der Waals surface area contributed by atoms with E-state index in [1.165, 1.54) is 0 Å².